The van der Waals surface area contributed by atoms with Crippen molar-refractivity contribution in [3.8, 4) is 0 Å². The molecule has 1 N–H and O–H groups in total. The zero-order valence-corrected chi connectivity index (χ0v) is 18.7. The third kappa shape index (κ3) is 4.73. The van der Waals surface area contributed by atoms with Gasteiger partial charge >= 0.3 is 0 Å². The summed E-state index contributed by atoms with van der Waals surface area (Å²) in [5, 5.41) is 3.10. The number of nitrogens with zero attached hydrogens (tertiary/aromatic N) is 1. The second-order valence-electron chi connectivity index (χ2n) is 8.16. The number of nitrogens with one attached hydrogen (secondary N) is 1. The quantitative estimate of drug-likeness (QED) is 0.776. The summed E-state index contributed by atoms with van der Waals surface area (Å²) in [5.41, 5.74) is 4.66. The number of hydrogen-bond acceptors (Lipinski definition) is 3. The molecule has 30 heavy (non-hydrogen) atoms. The summed E-state index contributed by atoms with van der Waals surface area (Å²) in [5.74, 6) is -0.740. The average molecular weight is 433 g/mol. The molecule has 1 heterocycles. The minimum Gasteiger partial charge on any atom is -0.349 e. The van der Waals surface area contributed by atoms with Crippen LogP contribution in [0.3, 0.4) is 0 Å². The van der Waals surface area contributed by atoms with Crippen LogP contribution in [0.15, 0.2) is 41.3 Å². The smallest absolute Gasteiger partial charge is 0.243 e. The summed E-state index contributed by atoms with van der Waals surface area (Å²) in [6.07, 6.45) is 0.926. The van der Waals surface area contributed by atoms with Crippen LogP contribution >= 0.6 is 0 Å². The van der Waals surface area contributed by atoms with Gasteiger partial charge in [-0.1, -0.05) is 12.1 Å². The predicted molar refractivity (Wildman–Crippen MR) is 115 cm³/mol. The van der Waals surface area contributed by atoms with Crippen LogP contribution in [0, 0.1) is 32.5 Å². The first-order valence-electron chi connectivity index (χ1n) is 10.2. The number of sulfonamides is 1. The van der Waals surface area contributed by atoms with Gasteiger partial charge in [-0.2, -0.15) is 4.31 Å². The first-order chi connectivity index (χ1) is 14.1. The van der Waals surface area contributed by atoms with Crippen molar-refractivity contribution in [2.75, 3.05) is 13.1 Å². The average Bonchev–Trinajstić information content (AvgIpc) is 2.71. The SMILES string of the molecule is Cc1cc(C)c([C@@H](C)NC(=O)C2CCN(S(=O)(=O)c3ccc(F)cc3)CC2)cc1C. The van der Waals surface area contributed by atoms with E-state index in [0.717, 1.165) is 23.3 Å². The van der Waals surface area contributed by atoms with E-state index in [-0.39, 0.29) is 35.9 Å². The summed E-state index contributed by atoms with van der Waals surface area (Å²) in [4.78, 5) is 12.9. The van der Waals surface area contributed by atoms with Gasteiger partial charge in [0, 0.05) is 19.0 Å². The second kappa shape index (κ2) is 8.86. The Kier molecular flexibility index (Phi) is 6.62. The molecule has 1 aliphatic rings. The van der Waals surface area contributed by atoms with Gasteiger partial charge in [0.15, 0.2) is 0 Å². The highest BCUT2D eigenvalue weighted by atomic mass is 32.2. The lowest BCUT2D eigenvalue weighted by molar-refractivity contribution is -0.126. The molecule has 7 heteroatoms. The van der Waals surface area contributed by atoms with Gasteiger partial charge in [0.2, 0.25) is 15.9 Å². The minimum atomic E-state index is -3.67. The Balaban J connectivity index is 1.61. The van der Waals surface area contributed by atoms with E-state index in [2.05, 4.69) is 31.3 Å². The fourth-order valence-electron chi connectivity index (χ4n) is 3.97. The molecule has 1 atom stereocenters. The number of hydrogen-bond donors (Lipinski definition) is 1. The Morgan fingerprint density at radius 3 is 2.20 bits per heavy atom. The Labute approximate surface area is 178 Å². The van der Waals surface area contributed by atoms with E-state index < -0.39 is 15.8 Å². The molecule has 1 fully saturated rings. The van der Waals surface area contributed by atoms with Crippen LogP contribution in [0.25, 0.3) is 0 Å². The Hall–Kier alpha value is -2.25. The number of piperidine rings is 1. The number of rotatable bonds is 5. The molecular formula is C23H29FN2O3S. The maximum Gasteiger partial charge on any atom is 0.243 e. The number of carbonyl (C=O) groups is 1. The molecule has 0 bridgehead atoms. The van der Waals surface area contributed by atoms with E-state index >= 15 is 0 Å². The van der Waals surface area contributed by atoms with E-state index in [0.29, 0.717) is 12.8 Å². The Morgan fingerprint density at radius 1 is 1.03 bits per heavy atom. The van der Waals surface area contributed by atoms with Crippen LogP contribution in [0.2, 0.25) is 0 Å². The van der Waals surface area contributed by atoms with Crippen molar-refractivity contribution < 1.29 is 17.6 Å². The molecule has 0 saturated carbocycles. The fourth-order valence-corrected chi connectivity index (χ4v) is 5.44. The van der Waals surface area contributed by atoms with Crippen molar-refractivity contribution in [2.45, 2.75) is 51.5 Å². The lowest BCUT2D eigenvalue weighted by Crippen LogP contribution is -2.43. The number of carbonyl (C=O) groups excluding carboxylic acids is 1. The van der Waals surface area contributed by atoms with Crippen molar-refractivity contribution >= 4 is 15.9 Å². The molecule has 2 aromatic carbocycles. The highest BCUT2D eigenvalue weighted by Gasteiger charge is 2.32. The molecule has 2 aromatic rings. The Bertz CT molecular complexity index is 1030. The van der Waals surface area contributed by atoms with Gasteiger partial charge in [-0.3, -0.25) is 4.79 Å². The zero-order valence-electron chi connectivity index (χ0n) is 17.9. The number of benzene rings is 2. The molecular weight excluding hydrogens is 403 g/mol. The number of aryl methyl sites for hydroxylation is 3. The standard InChI is InChI=1S/C23H29FN2O3S/c1-15-13-17(3)22(14-16(15)2)18(4)25-23(27)19-9-11-26(12-10-19)30(28,29)21-7-5-20(24)6-8-21/h5-8,13-14,18-19H,9-12H2,1-4H3,(H,25,27)/t18-/m1/s1. The molecule has 0 aromatic heterocycles. The van der Waals surface area contributed by atoms with Crippen LogP contribution < -0.4 is 5.32 Å². The van der Waals surface area contributed by atoms with Gasteiger partial charge < -0.3 is 5.32 Å². The van der Waals surface area contributed by atoms with Crippen LogP contribution in [0.5, 0.6) is 0 Å². The second-order valence-corrected chi connectivity index (χ2v) is 10.1. The molecule has 0 unspecified atom stereocenters. The van der Waals surface area contributed by atoms with Crippen molar-refractivity contribution in [2.24, 2.45) is 5.92 Å². The van der Waals surface area contributed by atoms with Crippen LogP contribution in [0.1, 0.15) is 48.1 Å². The highest BCUT2D eigenvalue weighted by Crippen LogP contribution is 2.26. The van der Waals surface area contributed by atoms with Gasteiger partial charge in [0.05, 0.1) is 10.9 Å². The largest absolute Gasteiger partial charge is 0.349 e. The molecule has 0 aliphatic carbocycles. The first kappa shape index (κ1) is 22.4. The molecule has 0 radical (unpaired) electrons. The normalized spacial score (nSPS) is 17.0. The van der Waals surface area contributed by atoms with Crippen LogP contribution in [0.4, 0.5) is 4.39 Å². The summed E-state index contributed by atoms with van der Waals surface area (Å²) >= 11 is 0. The third-order valence-electron chi connectivity index (χ3n) is 5.98. The van der Waals surface area contributed by atoms with Gasteiger partial charge in [0.25, 0.3) is 0 Å². The number of amides is 1. The Morgan fingerprint density at radius 2 is 1.60 bits per heavy atom. The third-order valence-corrected chi connectivity index (χ3v) is 7.90. The number of halogens is 1. The highest BCUT2D eigenvalue weighted by molar-refractivity contribution is 7.89. The molecule has 1 aliphatic heterocycles. The summed E-state index contributed by atoms with van der Waals surface area (Å²) < 4.78 is 39.9. The van der Waals surface area contributed by atoms with E-state index in [1.165, 1.54) is 27.6 Å². The zero-order chi connectivity index (χ0) is 22.1. The van der Waals surface area contributed by atoms with Crippen molar-refractivity contribution in [1.29, 1.82) is 0 Å². The molecule has 5 nitrogen and oxygen atoms in total. The van der Waals surface area contributed by atoms with E-state index in [1.807, 2.05) is 13.8 Å². The lowest BCUT2D eigenvalue weighted by Gasteiger charge is -2.31. The van der Waals surface area contributed by atoms with Gasteiger partial charge in [0.1, 0.15) is 5.82 Å². The van der Waals surface area contributed by atoms with Crippen LogP contribution in [-0.4, -0.2) is 31.7 Å². The monoisotopic (exact) mass is 432 g/mol. The topological polar surface area (TPSA) is 66.5 Å². The van der Waals surface area contributed by atoms with Crippen LogP contribution in [-0.2, 0) is 14.8 Å². The molecule has 1 saturated heterocycles. The molecule has 0 spiro atoms. The van der Waals surface area contributed by atoms with Crippen molar-refractivity contribution in [3.05, 3.63) is 64.5 Å². The van der Waals surface area contributed by atoms with E-state index in [1.54, 1.807) is 0 Å². The van der Waals surface area contributed by atoms with Crippen molar-refractivity contribution in [1.82, 2.24) is 9.62 Å². The molecule has 1 amide bonds. The maximum atomic E-state index is 13.1. The summed E-state index contributed by atoms with van der Waals surface area (Å²) in [6, 6.07) is 8.97. The van der Waals surface area contributed by atoms with Gasteiger partial charge in [-0.25, -0.2) is 12.8 Å². The van der Waals surface area contributed by atoms with Gasteiger partial charge in [-0.15, -0.1) is 0 Å². The van der Waals surface area contributed by atoms with Crippen molar-refractivity contribution in [3.63, 3.8) is 0 Å². The lowest BCUT2D eigenvalue weighted by atomic mass is 9.94. The summed E-state index contributed by atoms with van der Waals surface area (Å²) in [7, 11) is -3.67. The van der Waals surface area contributed by atoms with E-state index in [4.69, 9.17) is 0 Å². The first-order valence-corrected chi connectivity index (χ1v) is 11.7. The maximum absolute atomic E-state index is 13.1. The van der Waals surface area contributed by atoms with E-state index in [9.17, 15) is 17.6 Å². The van der Waals surface area contributed by atoms with Gasteiger partial charge in [-0.05, 0) is 87.1 Å². The summed E-state index contributed by atoms with van der Waals surface area (Å²) in [6.45, 7) is 8.70. The molecule has 3 rings (SSSR count). The minimum absolute atomic E-state index is 0.0426. The predicted octanol–water partition coefficient (Wildman–Crippen LogP) is 4.03. The molecule has 162 valence electrons. The fraction of sp³-hybridized carbons (Fsp3) is 0.435.